The summed E-state index contributed by atoms with van der Waals surface area (Å²) in [4.78, 5) is 20.4. The van der Waals surface area contributed by atoms with Gasteiger partial charge in [-0.25, -0.2) is 4.98 Å². The van der Waals surface area contributed by atoms with Crippen LogP contribution in [-0.4, -0.2) is 22.8 Å². The first-order chi connectivity index (χ1) is 18.7. The van der Waals surface area contributed by atoms with Crippen LogP contribution in [0.15, 0.2) is 48.5 Å². The Labute approximate surface area is 234 Å². The molecule has 3 heteroatoms. The SMILES string of the molecule is CCC.Cc1cc(C)c(-c2ccc3nc(C4CC(C)c5c(cccc5C5CC5)C(=O)N4C)c#cc3c2)cc1C. The third-order valence-corrected chi connectivity index (χ3v) is 8.27. The number of amides is 1. The van der Waals surface area contributed by atoms with Crippen LogP contribution in [-0.2, 0) is 0 Å². The van der Waals surface area contributed by atoms with Crippen LogP contribution in [0, 0.1) is 32.9 Å². The lowest BCUT2D eigenvalue weighted by Crippen LogP contribution is -2.30. The molecule has 1 saturated carbocycles. The number of benzene rings is 3. The van der Waals surface area contributed by atoms with Gasteiger partial charge in [-0.05, 0) is 115 Å². The predicted molar refractivity (Wildman–Crippen MR) is 161 cm³/mol. The first-order valence-electron chi connectivity index (χ1n) is 14.5. The van der Waals surface area contributed by atoms with E-state index in [-0.39, 0.29) is 17.9 Å². The van der Waals surface area contributed by atoms with Crippen LogP contribution in [0.2, 0.25) is 0 Å². The van der Waals surface area contributed by atoms with Gasteiger partial charge in [-0.1, -0.05) is 63.6 Å². The predicted octanol–water partition coefficient (Wildman–Crippen LogP) is 9.04. The highest BCUT2D eigenvalue weighted by molar-refractivity contribution is 5.97. The van der Waals surface area contributed by atoms with Gasteiger partial charge in [0.15, 0.2) is 0 Å². The van der Waals surface area contributed by atoms with Gasteiger partial charge < -0.3 is 4.90 Å². The highest BCUT2D eigenvalue weighted by atomic mass is 16.2. The topological polar surface area (TPSA) is 33.2 Å². The second-order valence-electron chi connectivity index (χ2n) is 11.6. The van der Waals surface area contributed by atoms with Crippen molar-refractivity contribution in [1.29, 1.82) is 0 Å². The Morgan fingerprint density at radius 1 is 0.923 bits per heavy atom. The molecule has 0 bridgehead atoms. The van der Waals surface area contributed by atoms with Crippen LogP contribution in [0.5, 0.6) is 0 Å². The van der Waals surface area contributed by atoms with Crippen molar-refractivity contribution in [3.63, 3.8) is 0 Å². The van der Waals surface area contributed by atoms with E-state index in [1.165, 1.54) is 58.2 Å². The molecule has 0 saturated heterocycles. The van der Waals surface area contributed by atoms with Crippen molar-refractivity contribution >= 4 is 16.8 Å². The van der Waals surface area contributed by atoms with Crippen molar-refractivity contribution in [2.24, 2.45) is 0 Å². The summed E-state index contributed by atoms with van der Waals surface area (Å²) < 4.78 is 0. The zero-order valence-electron chi connectivity index (χ0n) is 24.5. The summed E-state index contributed by atoms with van der Waals surface area (Å²) in [6, 6.07) is 23.8. The minimum atomic E-state index is -0.130. The number of rotatable bonds is 3. The van der Waals surface area contributed by atoms with Gasteiger partial charge in [0.25, 0.3) is 5.91 Å². The van der Waals surface area contributed by atoms with Gasteiger partial charge >= 0.3 is 0 Å². The van der Waals surface area contributed by atoms with E-state index in [0.717, 1.165) is 28.6 Å². The first kappa shape index (κ1) is 26.9. The molecule has 1 fully saturated rings. The Morgan fingerprint density at radius 3 is 2.36 bits per heavy atom. The van der Waals surface area contributed by atoms with E-state index >= 15 is 0 Å². The van der Waals surface area contributed by atoms with Crippen LogP contribution >= 0.6 is 0 Å². The standard InChI is InChI=1S/C33H32N2O.C3H8/c1-19-15-21(3)28(16-20(19)2)24-11-13-29-25(18-24)12-14-30(34-29)31-17-22(4)32-26(23-9-10-23)7-6-8-27(32)33(36)35(31)5;1-3-2/h6-8,11,13,15-16,18,22-23,31H,9-10,17H2,1-5H3;3H2,1-2H3. The molecule has 1 aliphatic heterocycles. The fraction of sp³-hybridized carbons (Fsp3) is 0.389. The summed E-state index contributed by atoms with van der Waals surface area (Å²) >= 11 is 0. The number of carbonyl (C=O) groups excluding carboxylic acids is 1. The summed E-state index contributed by atoms with van der Waals surface area (Å²) in [6.07, 6.45) is 4.55. The highest BCUT2D eigenvalue weighted by Crippen LogP contribution is 2.47. The van der Waals surface area contributed by atoms with E-state index < -0.39 is 0 Å². The number of hydrogen-bond acceptors (Lipinski definition) is 2. The number of hydrogen-bond donors (Lipinski definition) is 0. The maximum atomic E-state index is 13.6. The first-order valence-corrected chi connectivity index (χ1v) is 14.5. The third-order valence-electron chi connectivity index (χ3n) is 8.27. The third kappa shape index (κ3) is 5.18. The van der Waals surface area contributed by atoms with Crippen LogP contribution in [0.4, 0.5) is 0 Å². The Morgan fingerprint density at radius 2 is 1.64 bits per heavy atom. The molecule has 6 rings (SSSR count). The molecule has 0 N–H and O–H groups in total. The number of aromatic nitrogens is 1. The zero-order valence-corrected chi connectivity index (χ0v) is 24.5. The molecule has 2 aliphatic rings. The average molecular weight is 517 g/mol. The van der Waals surface area contributed by atoms with Crippen molar-refractivity contribution in [2.75, 3.05) is 7.05 Å². The van der Waals surface area contributed by atoms with Gasteiger partial charge in [-0.2, -0.15) is 0 Å². The quantitative estimate of drug-likeness (QED) is 0.272. The van der Waals surface area contributed by atoms with Gasteiger partial charge in [0, 0.05) is 12.6 Å². The summed E-state index contributed by atoms with van der Waals surface area (Å²) in [5.74, 6) is 0.973. The molecule has 2 heterocycles. The Kier molecular flexibility index (Phi) is 7.50. The van der Waals surface area contributed by atoms with Gasteiger partial charge in [-0.15, -0.1) is 0 Å². The number of nitrogens with zero attached hydrogens (tertiary/aromatic N) is 2. The molecule has 2 unspecified atom stereocenters. The lowest BCUT2D eigenvalue weighted by Gasteiger charge is -2.25. The lowest BCUT2D eigenvalue weighted by atomic mass is 9.86. The van der Waals surface area contributed by atoms with Crippen molar-refractivity contribution < 1.29 is 4.79 Å². The van der Waals surface area contributed by atoms with Crippen LogP contribution in [0.25, 0.3) is 22.0 Å². The van der Waals surface area contributed by atoms with Gasteiger partial charge in [0.2, 0.25) is 0 Å². The van der Waals surface area contributed by atoms with E-state index in [1.54, 1.807) is 0 Å². The smallest absolute Gasteiger partial charge is 0.254 e. The molecular weight excluding hydrogens is 476 g/mol. The molecular formula is C36H40N2O. The van der Waals surface area contributed by atoms with Crippen molar-refractivity contribution in [1.82, 2.24) is 9.88 Å². The molecule has 4 aromatic rings. The molecule has 3 nitrogen and oxygen atoms in total. The normalized spacial score (nSPS) is 18.6. The molecule has 1 aliphatic carbocycles. The van der Waals surface area contributed by atoms with Crippen LogP contribution in [0.1, 0.15) is 108 Å². The van der Waals surface area contributed by atoms with Crippen molar-refractivity contribution in [3.8, 4) is 11.1 Å². The average Bonchev–Trinajstić information content (AvgIpc) is 3.78. The minimum Gasteiger partial charge on any atom is -0.332 e. The Bertz CT molecular complexity index is 1530. The Hall–Kier alpha value is -3.64. The van der Waals surface area contributed by atoms with Crippen molar-refractivity contribution in [3.05, 3.63) is 99.7 Å². The second-order valence-corrected chi connectivity index (χ2v) is 11.6. The molecule has 0 radical (unpaired) electrons. The largest absolute Gasteiger partial charge is 0.332 e. The number of aryl methyl sites for hydroxylation is 3. The summed E-state index contributed by atoms with van der Waals surface area (Å²) in [7, 11) is 1.91. The fourth-order valence-corrected chi connectivity index (χ4v) is 5.93. The molecule has 200 valence electrons. The zero-order chi connectivity index (χ0) is 27.8. The fourth-order valence-electron chi connectivity index (χ4n) is 5.93. The van der Waals surface area contributed by atoms with Crippen molar-refractivity contribution in [2.45, 2.75) is 85.1 Å². The van der Waals surface area contributed by atoms with Gasteiger partial charge in [0.1, 0.15) is 5.69 Å². The molecule has 39 heavy (non-hydrogen) atoms. The maximum Gasteiger partial charge on any atom is 0.254 e. The van der Waals surface area contributed by atoms with E-state index in [2.05, 4.69) is 90.1 Å². The molecule has 0 spiro atoms. The molecule has 1 amide bonds. The maximum absolute atomic E-state index is 13.6. The Balaban J connectivity index is 0.000000983. The monoisotopic (exact) mass is 516 g/mol. The molecule has 2 atom stereocenters. The van der Waals surface area contributed by atoms with Crippen LogP contribution in [0.3, 0.4) is 0 Å². The summed E-state index contributed by atoms with van der Waals surface area (Å²) in [6.45, 7) is 13.0. The van der Waals surface area contributed by atoms with E-state index in [9.17, 15) is 4.79 Å². The van der Waals surface area contributed by atoms with E-state index in [4.69, 9.17) is 4.98 Å². The van der Waals surface area contributed by atoms with Gasteiger partial charge in [-0.3, -0.25) is 4.79 Å². The lowest BCUT2D eigenvalue weighted by molar-refractivity contribution is 0.0727. The highest BCUT2D eigenvalue weighted by Gasteiger charge is 2.36. The van der Waals surface area contributed by atoms with E-state index in [1.807, 2.05) is 24.1 Å². The second kappa shape index (κ2) is 10.9. The molecule has 3 aromatic carbocycles. The van der Waals surface area contributed by atoms with Crippen LogP contribution < -0.4 is 0 Å². The minimum absolute atomic E-state index is 0.0812. The number of fused-ring (bicyclic) bond motifs is 2. The summed E-state index contributed by atoms with van der Waals surface area (Å²) in [5, 5.41) is 0.948. The van der Waals surface area contributed by atoms with E-state index in [0.29, 0.717) is 5.92 Å². The number of carbonyl (C=O) groups is 1. The summed E-state index contributed by atoms with van der Waals surface area (Å²) in [5.41, 5.74) is 11.4. The molecule has 1 aromatic heterocycles. The van der Waals surface area contributed by atoms with Gasteiger partial charge in [0.05, 0.1) is 16.9 Å².